The number of rotatable bonds is 6. The summed E-state index contributed by atoms with van der Waals surface area (Å²) in [6.07, 6.45) is 3.73. The molecule has 1 aliphatic carbocycles. The molecule has 0 unspecified atom stereocenters. The second kappa shape index (κ2) is 9.70. The number of fused-ring (bicyclic) bond motifs is 2. The minimum absolute atomic E-state index is 0.0395. The Morgan fingerprint density at radius 2 is 1.76 bits per heavy atom. The Bertz CT molecular complexity index is 1140. The fourth-order valence-corrected chi connectivity index (χ4v) is 6.24. The largest absolute Gasteiger partial charge is 0.490 e. The first-order valence-electron chi connectivity index (χ1n) is 10.9. The third kappa shape index (κ3) is 5.31. The van der Waals surface area contributed by atoms with Gasteiger partial charge in [-0.15, -0.1) is 11.3 Å². The van der Waals surface area contributed by atoms with Gasteiger partial charge in [0.1, 0.15) is 6.04 Å². The highest BCUT2D eigenvalue weighted by Gasteiger charge is 2.30. The van der Waals surface area contributed by atoms with E-state index in [-0.39, 0.29) is 10.8 Å². The van der Waals surface area contributed by atoms with Crippen molar-refractivity contribution < 1.29 is 27.5 Å². The minimum atomic E-state index is -4.04. The lowest BCUT2D eigenvalue weighted by molar-refractivity contribution is -0.124. The number of carbonyl (C=O) groups excluding carboxylic acids is 2. The van der Waals surface area contributed by atoms with Gasteiger partial charge in [-0.3, -0.25) is 20.4 Å². The molecule has 0 saturated heterocycles. The van der Waals surface area contributed by atoms with Gasteiger partial charge in [0.15, 0.2) is 11.5 Å². The first-order valence-corrected chi connectivity index (χ1v) is 13.2. The Balaban J connectivity index is 1.42. The zero-order valence-electron chi connectivity index (χ0n) is 18.5. The summed E-state index contributed by atoms with van der Waals surface area (Å²) in [4.78, 5) is 26.9. The zero-order valence-corrected chi connectivity index (χ0v) is 20.1. The molecule has 33 heavy (non-hydrogen) atoms. The first kappa shape index (κ1) is 23.5. The van der Waals surface area contributed by atoms with Crippen LogP contribution in [0.5, 0.6) is 11.5 Å². The van der Waals surface area contributed by atoms with Crippen LogP contribution in [0.1, 0.15) is 46.8 Å². The van der Waals surface area contributed by atoms with E-state index in [9.17, 15) is 18.0 Å². The topological polar surface area (TPSA) is 123 Å². The Labute approximate surface area is 196 Å². The normalized spacial score (nSPS) is 16.1. The predicted octanol–water partition coefficient (Wildman–Crippen LogP) is 2.16. The van der Waals surface area contributed by atoms with E-state index in [0.717, 1.165) is 19.3 Å². The lowest BCUT2D eigenvalue weighted by Gasteiger charge is -2.22. The highest BCUT2D eigenvalue weighted by Crippen LogP contribution is 2.32. The van der Waals surface area contributed by atoms with Crippen molar-refractivity contribution in [3.8, 4) is 11.5 Å². The number of ether oxygens (including phenoxy) is 2. The van der Waals surface area contributed by atoms with Crippen molar-refractivity contribution in [2.75, 3.05) is 13.2 Å². The lowest BCUT2D eigenvalue weighted by atomic mass is 10.1. The average Bonchev–Trinajstić information content (AvgIpc) is 3.30. The van der Waals surface area contributed by atoms with Gasteiger partial charge in [-0.25, -0.2) is 8.42 Å². The summed E-state index contributed by atoms with van der Waals surface area (Å²) in [5.41, 5.74) is 5.93. The van der Waals surface area contributed by atoms with E-state index in [0.29, 0.717) is 36.0 Å². The van der Waals surface area contributed by atoms with E-state index in [1.165, 1.54) is 40.0 Å². The van der Waals surface area contributed by atoms with E-state index in [2.05, 4.69) is 15.6 Å². The van der Waals surface area contributed by atoms with Gasteiger partial charge < -0.3 is 9.47 Å². The van der Waals surface area contributed by atoms with Gasteiger partial charge >= 0.3 is 0 Å². The number of hydrogen-bond acceptors (Lipinski definition) is 7. The summed E-state index contributed by atoms with van der Waals surface area (Å²) >= 11 is 1.42. The van der Waals surface area contributed by atoms with Crippen LogP contribution in [0.2, 0.25) is 0 Å². The van der Waals surface area contributed by atoms with Crippen molar-refractivity contribution in [1.82, 2.24) is 15.6 Å². The molecule has 3 N–H and O–H groups in total. The number of carbonyl (C=O) groups is 2. The molecule has 2 amide bonds. The molecule has 1 aliphatic heterocycles. The van der Waals surface area contributed by atoms with Crippen LogP contribution < -0.4 is 25.0 Å². The number of nitrogens with one attached hydrogen (secondary N) is 3. The van der Waals surface area contributed by atoms with Crippen molar-refractivity contribution in [2.45, 2.75) is 50.5 Å². The second-order valence-corrected chi connectivity index (χ2v) is 11.2. The Kier molecular flexibility index (Phi) is 6.91. The Hall–Kier alpha value is -2.63. The molecule has 0 bridgehead atoms. The summed E-state index contributed by atoms with van der Waals surface area (Å²) in [5, 5.41) is 0. The zero-order chi connectivity index (χ0) is 23.6. The number of hydrogen-bond donors (Lipinski definition) is 3. The average molecular weight is 494 g/mol. The molecule has 2 heterocycles. The molecule has 0 fully saturated rings. The number of aryl methyl sites for hydroxylation is 2. The van der Waals surface area contributed by atoms with Crippen LogP contribution in [-0.4, -0.2) is 39.5 Å². The van der Waals surface area contributed by atoms with Crippen LogP contribution in [-0.2, 0) is 27.7 Å². The van der Waals surface area contributed by atoms with Gasteiger partial charge in [-0.05, 0) is 48.9 Å². The molecule has 0 saturated carbocycles. The maximum absolute atomic E-state index is 13.0. The van der Waals surface area contributed by atoms with Gasteiger partial charge in [0.05, 0.1) is 23.0 Å². The number of amides is 2. The van der Waals surface area contributed by atoms with Crippen molar-refractivity contribution >= 4 is 33.2 Å². The maximum Gasteiger partial charge on any atom is 0.279 e. The SMILES string of the molecule is CC(C)[C@@H](NS(=O)(=O)c1ccc2c(c1)OCCCO2)C(=O)NNC(=O)c1cc2c(s1)CCC2. The number of benzene rings is 1. The molecule has 2 aliphatic rings. The van der Waals surface area contributed by atoms with Crippen LogP contribution in [0.3, 0.4) is 0 Å². The third-order valence-electron chi connectivity index (χ3n) is 5.53. The summed E-state index contributed by atoms with van der Waals surface area (Å²) in [7, 11) is -4.04. The number of sulfonamides is 1. The molecule has 4 rings (SSSR count). The molecule has 1 aromatic carbocycles. The summed E-state index contributed by atoms with van der Waals surface area (Å²) in [5.74, 6) is -0.623. The van der Waals surface area contributed by atoms with Crippen molar-refractivity contribution in [2.24, 2.45) is 5.92 Å². The molecule has 2 aromatic rings. The molecule has 9 nitrogen and oxygen atoms in total. The van der Waals surface area contributed by atoms with E-state index in [4.69, 9.17) is 9.47 Å². The van der Waals surface area contributed by atoms with Crippen LogP contribution in [0.4, 0.5) is 0 Å². The minimum Gasteiger partial charge on any atom is -0.490 e. The van der Waals surface area contributed by atoms with Crippen LogP contribution in [0.25, 0.3) is 0 Å². The molecule has 1 atom stereocenters. The van der Waals surface area contributed by atoms with Crippen LogP contribution in [0.15, 0.2) is 29.2 Å². The quantitative estimate of drug-likeness (QED) is 0.530. The predicted molar refractivity (Wildman–Crippen MR) is 123 cm³/mol. The van der Waals surface area contributed by atoms with Gasteiger partial charge in [0, 0.05) is 17.4 Å². The van der Waals surface area contributed by atoms with Gasteiger partial charge in [-0.2, -0.15) is 4.72 Å². The smallest absolute Gasteiger partial charge is 0.279 e. The first-order chi connectivity index (χ1) is 15.7. The van der Waals surface area contributed by atoms with E-state index in [1.54, 1.807) is 13.8 Å². The second-order valence-electron chi connectivity index (χ2n) is 8.36. The third-order valence-corrected chi connectivity index (χ3v) is 8.20. The van der Waals surface area contributed by atoms with Gasteiger partial charge in [-0.1, -0.05) is 13.8 Å². The molecule has 0 spiro atoms. The molecule has 178 valence electrons. The summed E-state index contributed by atoms with van der Waals surface area (Å²) in [6.45, 7) is 4.35. The highest BCUT2D eigenvalue weighted by atomic mass is 32.2. The Morgan fingerprint density at radius 1 is 1.00 bits per heavy atom. The molecular weight excluding hydrogens is 466 g/mol. The molecular formula is C22H27N3O6S2. The number of thiophene rings is 1. The maximum atomic E-state index is 13.0. The van der Waals surface area contributed by atoms with E-state index in [1.807, 2.05) is 6.07 Å². The van der Waals surface area contributed by atoms with Gasteiger partial charge in [0.2, 0.25) is 10.0 Å². The fourth-order valence-electron chi connectivity index (χ4n) is 3.74. The summed E-state index contributed by atoms with van der Waals surface area (Å²) < 4.78 is 39.5. The molecule has 0 radical (unpaired) electrons. The van der Waals surface area contributed by atoms with Crippen molar-refractivity contribution in [3.63, 3.8) is 0 Å². The van der Waals surface area contributed by atoms with E-state index < -0.39 is 27.9 Å². The fraction of sp³-hybridized carbons (Fsp3) is 0.455. The standard InChI is InChI=1S/C22H27N3O6S2/c1-13(2)20(22(27)24-23-21(26)19-11-14-5-3-6-18(14)32-19)25-33(28,29)15-7-8-16-17(12-15)31-10-4-9-30-16/h7-8,11-13,20,25H,3-6,9-10H2,1-2H3,(H,23,26)(H,24,27)/t20-/m1/s1. The monoisotopic (exact) mass is 493 g/mol. The molecule has 1 aromatic heterocycles. The van der Waals surface area contributed by atoms with Crippen molar-refractivity contribution in [3.05, 3.63) is 39.6 Å². The van der Waals surface area contributed by atoms with Crippen molar-refractivity contribution in [1.29, 1.82) is 0 Å². The van der Waals surface area contributed by atoms with Crippen LogP contribution >= 0.6 is 11.3 Å². The number of hydrazine groups is 1. The van der Waals surface area contributed by atoms with E-state index >= 15 is 0 Å². The lowest BCUT2D eigenvalue weighted by Crippen LogP contribution is -2.54. The van der Waals surface area contributed by atoms with Crippen LogP contribution in [0, 0.1) is 5.92 Å². The highest BCUT2D eigenvalue weighted by molar-refractivity contribution is 7.89. The van der Waals surface area contributed by atoms with Gasteiger partial charge in [0.25, 0.3) is 11.8 Å². The Morgan fingerprint density at radius 3 is 2.48 bits per heavy atom. The summed E-state index contributed by atoms with van der Waals surface area (Å²) in [6, 6.07) is 5.08. The molecule has 11 heteroatoms.